The van der Waals surface area contributed by atoms with Gasteiger partial charge >= 0.3 is 5.97 Å². The summed E-state index contributed by atoms with van der Waals surface area (Å²) in [4.78, 5) is 24.2. The summed E-state index contributed by atoms with van der Waals surface area (Å²) in [7, 11) is 0. The van der Waals surface area contributed by atoms with Crippen LogP contribution in [0.3, 0.4) is 0 Å². The third kappa shape index (κ3) is 12.5. The first-order valence-electron chi connectivity index (χ1n) is 16.2. The average Bonchev–Trinajstić information content (AvgIpc) is 2.92. The van der Waals surface area contributed by atoms with Crippen molar-refractivity contribution in [1.29, 1.82) is 0 Å². The van der Waals surface area contributed by atoms with Gasteiger partial charge in [0.2, 0.25) is 0 Å². The molecule has 0 saturated heterocycles. The topological polar surface area (TPSA) is 54.4 Å². The number of aliphatic carboxylic acids is 1. The van der Waals surface area contributed by atoms with Crippen molar-refractivity contribution in [3.05, 3.63) is 100 Å². The first kappa shape index (κ1) is 36.0. The molecule has 7 atom stereocenters. The van der Waals surface area contributed by atoms with E-state index in [0.29, 0.717) is 37.0 Å². The summed E-state index contributed by atoms with van der Waals surface area (Å²) < 4.78 is 0. The molecule has 1 N–H and O–H groups in total. The van der Waals surface area contributed by atoms with Crippen LogP contribution in [0.2, 0.25) is 0 Å². The number of carboxylic acids is 1. The third-order valence-corrected chi connectivity index (χ3v) is 9.28. The van der Waals surface area contributed by atoms with E-state index in [4.69, 9.17) is 0 Å². The Labute approximate surface area is 262 Å². The van der Waals surface area contributed by atoms with Crippen LogP contribution < -0.4 is 0 Å². The Morgan fingerprint density at radius 1 is 0.721 bits per heavy atom. The SMILES string of the molecule is C\C(C=C=C1[C@H](C)CC(C(=O)O)C[C@@H]1C)=C/C=C/C(C)=C/C=C/C=C(C)/C=C/C=C(\C)C(=O)CC1C(C)CC(C)C[C@H]1C. The van der Waals surface area contributed by atoms with Gasteiger partial charge in [0.1, 0.15) is 0 Å². The molecule has 2 aliphatic rings. The number of rotatable bonds is 11. The van der Waals surface area contributed by atoms with Crippen molar-refractivity contribution in [2.24, 2.45) is 41.4 Å². The Bertz CT molecular complexity index is 1230. The van der Waals surface area contributed by atoms with E-state index in [2.05, 4.69) is 85.4 Å². The number of allylic oxidation sites excluding steroid dienone is 15. The van der Waals surface area contributed by atoms with Gasteiger partial charge in [-0.25, -0.2) is 0 Å². The van der Waals surface area contributed by atoms with Crippen molar-refractivity contribution in [3.8, 4) is 0 Å². The van der Waals surface area contributed by atoms with E-state index in [1.807, 2.05) is 49.5 Å². The van der Waals surface area contributed by atoms with Crippen molar-refractivity contribution in [2.75, 3.05) is 0 Å². The number of carbonyl (C=O) groups excluding carboxylic acids is 1. The Morgan fingerprint density at radius 3 is 1.72 bits per heavy atom. The van der Waals surface area contributed by atoms with Gasteiger partial charge in [0, 0.05) is 6.42 Å². The largest absolute Gasteiger partial charge is 0.481 e. The number of Topliss-reactive ketones (excluding diaryl/α,β-unsaturated/α-hetero) is 1. The van der Waals surface area contributed by atoms with Crippen LogP contribution in [0.5, 0.6) is 0 Å². The van der Waals surface area contributed by atoms with Crippen LogP contribution in [0.25, 0.3) is 0 Å². The average molecular weight is 585 g/mol. The molecule has 0 aromatic rings. The monoisotopic (exact) mass is 584 g/mol. The maximum Gasteiger partial charge on any atom is 0.306 e. The van der Waals surface area contributed by atoms with Crippen LogP contribution >= 0.6 is 0 Å². The van der Waals surface area contributed by atoms with Crippen molar-refractivity contribution in [3.63, 3.8) is 0 Å². The Balaban J connectivity index is 1.87. The van der Waals surface area contributed by atoms with Crippen LogP contribution in [-0.4, -0.2) is 16.9 Å². The molecule has 3 nitrogen and oxygen atoms in total. The molecule has 0 aromatic heterocycles. The first-order valence-corrected chi connectivity index (χ1v) is 16.2. The van der Waals surface area contributed by atoms with Crippen molar-refractivity contribution < 1.29 is 14.7 Å². The summed E-state index contributed by atoms with van der Waals surface area (Å²) >= 11 is 0. The van der Waals surface area contributed by atoms with E-state index in [9.17, 15) is 14.7 Å². The molecule has 0 amide bonds. The van der Waals surface area contributed by atoms with E-state index >= 15 is 0 Å². The van der Waals surface area contributed by atoms with Crippen molar-refractivity contribution >= 4 is 11.8 Å². The van der Waals surface area contributed by atoms with Crippen LogP contribution in [0.1, 0.15) is 94.4 Å². The molecule has 3 heteroatoms. The molecule has 0 aromatic carbocycles. The lowest BCUT2D eigenvalue weighted by Gasteiger charge is -2.37. The number of hydrogen-bond acceptors (Lipinski definition) is 2. The Hall–Kier alpha value is -3.16. The molecule has 0 heterocycles. The molecular weight excluding hydrogens is 528 g/mol. The van der Waals surface area contributed by atoms with Gasteiger partial charge in [-0.1, -0.05) is 107 Å². The maximum atomic E-state index is 12.8. The summed E-state index contributed by atoms with van der Waals surface area (Å²) in [6, 6.07) is 0. The first-order chi connectivity index (χ1) is 20.3. The van der Waals surface area contributed by atoms with Crippen LogP contribution in [0, 0.1) is 41.4 Å². The molecule has 2 aliphatic carbocycles. The third-order valence-electron chi connectivity index (χ3n) is 9.28. The molecule has 2 rings (SSSR count). The van der Waals surface area contributed by atoms with Gasteiger partial charge in [-0.15, -0.1) is 5.73 Å². The Morgan fingerprint density at radius 2 is 1.21 bits per heavy atom. The molecule has 4 unspecified atom stereocenters. The van der Waals surface area contributed by atoms with Gasteiger partial charge in [-0.05, 0) is 112 Å². The lowest BCUT2D eigenvalue weighted by atomic mass is 9.67. The van der Waals surface area contributed by atoms with Crippen LogP contribution in [0.15, 0.2) is 100 Å². The molecule has 0 radical (unpaired) electrons. The van der Waals surface area contributed by atoms with Crippen molar-refractivity contribution in [2.45, 2.75) is 94.4 Å². The van der Waals surface area contributed by atoms with Gasteiger partial charge in [-0.3, -0.25) is 9.59 Å². The Kier molecular flexibility index (Phi) is 14.9. The molecule has 2 saturated carbocycles. The second-order valence-corrected chi connectivity index (χ2v) is 13.6. The van der Waals surface area contributed by atoms with Gasteiger partial charge in [0.15, 0.2) is 5.78 Å². The quantitative estimate of drug-likeness (QED) is 0.149. The lowest BCUT2D eigenvalue weighted by molar-refractivity contribution is -0.143. The highest BCUT2D eigenvalue weighted by atomic mass is 16.4. The van der Waals surface area contributed by atoms with Crippen molar-refractivity contribution in [1.82, 2.24) is 0 Å². The second-order valence-electron chi connectivity index (χ2n) is 13.6. The summed E-state index contributed by atoms with van der Waals surface area (Å²) in [6.45, 7) is 19.3. The fraction of sp³-hybridized carbons (Fsp3) is 0.525. The zero-order valence-corrected chi connectivity index (χ0v) is 28.2. The molecule has 43 heavy (non-hydrogen) atoms. The molecule has 0 aliphatic heterocycles. The van der Waals surface area contributed by atoms with E-state index in [0.717, 1.165) is 28.2 Å². The summed E-state index contributed by atoms with van der Waals surface area (Å²) in [5.41, 5.74) is 8.89. The number of hydrogen-bond donors (Lipinski definition) is 1. The van der Waals surface area contributed by atoms with Crippen LogP contribution in [0.4, 0.5) is 0 Å². The molecular formula is C40H56O3. The molecule has 0 spiro atoms. The minimum absolute atomic E-state index is 0.243. The zero-order valence-electron chi connectivity index (χ0n) is 28.2. The minimum Gasteiger partial charge on any atom is -0.481 e. The van der Waals surface area contributed by atoms with Crippen LogP contribution in [-0.2, 0) is 9.59 Å². The minimum atomic E-state index is -0.680. The summed E-state index contributed by atoms with van der Waals surface area (Å²) in [5.74, 6) is 2.35. The van der Waals surface area contributed by atoms with Gasteiger partial charge in [0.05, 0.1) is 5.92 Å². The maximum absolute atomic E-state index is 12.8. The van der Waals surface area contributed by atoms with Gasteiger partial charge in [0.25, 0.3) is 0 Å². The number of carboxylic acid groups (broad SMARTS) is 1. The standard InChI is InChI=1S/C40H56O3/c1-27(16-12-17-29(3)20-21-37-34(8)24-36(40(42)43)25-35(37)9)14-10-11-15-28(2)18-13-19-31(5)39(41)26-38-32(6)22-30(4)23-33(38)7/h10-20,30,32-36,38H,22-26H2,1-9H3,(H,42,43)/b11-10+,16-12+,18-13+,27-14+,28-15+,29-17+,31-19+/t21?,30?,32-,33?,34-,35+,36?,38?/m1/s1. The normalized spacial score (nSPS) is 29.9. The highest BCUT2D eigenvalue weighted by Crippen LogP contribution is 2.40. The second kappa shape index (κ2) is 17.8. The summed E-state index contributed by atoms with van der Waals surface area (Å²) in [6.07, 6.45) is 26.9. The van der Waals surface area contributed by atoms with E-state index in [-0.39, 0.29) is 23.5 Å². The fourth-order valence-electron chi connectivity index (χ4n) is 6.79. The predicted octanol–water partition coefficient (Wildman–Crippen LogP) is 10.6. The molecule has 2 fully saturated rings. The van der Waals surface area contributed by atoms with Gasteiger partial charge in [-0.2, -0.15) is 0 Å². The zero-order chi connectivity index (χ0) is 32.1. The lowest BCUT2D eigenvalue weighted by Crippen LogP contribution is -2.30. The van der Waals surface area contributed by atoms with Gasteiger partial charge < -0.3 is 5.11 Å². The fourth-order valence-corrected chi connectivity index (χ4v) is 6.79. The number of carbonyl (C=O) groups is 2. The molecule has 0 bridgehead atoms. The number of ketones is 1. The highest BCUT2D eigenvalue weighted by Gasteiger charge is 2.33. The molecule has 234 valence electrons. The highest BCUT2D eigenvalue weighted by molar-refractivity contribution is 5.95. The predicted molar refractivity (Wildman–Crippen MR) is 183 cm³/mol. The van der Waals surface area contributed by atoms with E-state index < -0.39 is 5.97 Å². The van der Waals surface area contributed by atoms with E-state index in [1.165, 1.54) is 18.4 Å². The smallest absolute Gasteiger partial charge is 0.306 e. The summed E-state index contributed by atoms with van der Waals surface area (Å²) in [5, 5.41) is 9.35. The van der Waals surface area contributed by atoms with E-state index in [1.54, 1.807) is 0 Å².